The van der Waals surface area contributed by atoms with E-state index in [2.05, 4.69) is 10.2 Å². The lowest BCUT2D eigenvalue weighted by Gasteiger charge is -2.13. The van der Waals surface area contributed by atoms with Crippen molar-refractivity contribution in [3.8, 4) is 22.8 Å². The van der Waals surface area contributed by atoms with Crippen LogP contribution in [0.1, 0.15) is 0 Å². The minimum atomic E-state index is -3.63. The number of sulfonamides is 1. The molecule has 8 nitrogen and oxygen atoms in total. The molecule has 0 saturated carbocycles. The number of hydrogen-bond acceptors (Lipinski definition) is 5. The summed E-state index contributed by atoms with van der Waals surface area (Å²) in [6.07, 6.45) is 2.94. The van der Waals surface area contributed by atoms with Gasteiger partial charge in [0.15, 0.2) is 5.69 Å². The van der Waals surface area contributed by atoms with Crippen molar-refractivity contribution >= 4 is 10.0 Å². The van der Waals surface area contributed by atoms with Gasteiger partial charge < -0.3 is 0 Å². The maximum absolute atomic E-state index is 13.7. The second-order valence-corrected chi connectivity index (χ2v) is 9.02. The fourth-order valence-electron chi connectivity index (χ4n) is 3.02. The molecule has 0 unspecified atom stereocenters. The molecule has 4 aromatic rings. The maximum Gasteiger partial charge on any atom is 0.242 e. The van der Waals surface area contributed by atoms with Gasteiger partial charge in [-0.2, -0.15) is 10.2 Å². The smallest absolute Gasteiger partial charge is 0.242 e. The van der Waals surface area contributed by atoms with Crippen LogP contribution in [-0.2, 0) is 10.0 Å². The van der Waals surface area contributed by atoms with Crippen molar-refractivity contribution in [3.63, 3.8) is 0 Å². The van der Waals surface area contributed by atoms with Crippen LogP contribution in [-0.4, -0.2) is 46.4 Å². The number of rotatable bonds is 5. The average molecular weight is 439 g/mol. The number of hydrogen-bond donors (Lipinski definition) is 0. The molecule has 0 spiro atoms. The predicted octanol–water partition coefficient (Wildman–Crippen LogP) is 2.47. The van der Waals surface area contributed by atoms with Crippen LogP contribution in [0, 0.1) is 5.82 Å². The molecule has 0 saturated heterocycles. The highest BCUT2D eigenvalue weighted by atomic mass is 32.2. The van der Waals surface area contributed by atoms with Crippen molar-refractivity contribution in [1.29, 1.82) is 0 Å². The minimum Gasteiger partial charge on any atom is -0.287 e. The van der Waals surface area contributed by atoms with Crippen LogP contribution >= 0.6 is 0 Å². The van der Waals surface area contributed by atoms with E-state index in [0.717, 1.165) is 4.31 Å². The number of nitrogens with zero attached hydrogens (tertiary/aromatic N) is 5. The van der Waals surface area contributed by atoms with Crippen LogP contribution in [0.5, 0.6) is 0 Å². The van der Waals surface area contributed by atoms with Crippen LogP contribution in [0.25, 0.3) is 22.8 Å². The summed E-state index contributed by atoms with van der Waals surface area (Å²) < 4.78 is 42.5. The SMILES string of the molecule is CN(C)S(=O)(=O)c1cccc(-n2ccc(=O)c(-c3ccnn3-c3cccc(F)c3)n2)c1. The molecule has 31 heavy (non-hydrogen) atoms. The predicted molar refractivity (Wildman–Crippen MR) is 113 cm³/mol. The van der Waals surface area contributed by atoms with E-state index >= 15 is 0 Å². The van der Waals surface area contributed by atoms with Gasteiger partial charge in [0.05, 0.1) is 28.2 Å². The first-order valence-electron chi connectivity index (χ1n) is 9.21. The van der Waals surface area contributed by atoms with Gasteiger partial charge in [-0.25, -0.2) is 26.5 Å². The quantitative estimate of drug-likeness (QED) is 0.477. The van der Waals surface area contributed by atoms with E-state index in [-0.39, 0.29) is 16.0 Å². The monoisotopic (exact) mass is 439 g/mol. The summed E-state index contributed by atoms with van der Waals surface area (Å²) in [6.45, 7) is 0. The zero-order valence-electron chi connectivity index (χ0n) is 16.7. The molecule has 2 heterocycles. The summed E-state index contributed by atoms with van der Waals surface area (Å²) in [6, 6.07) is 15.0. The van der Waals surface area contributed by atoms with Gasteiger partial charge in [0.2, 0.25) is 15.5 Å². The molecule has 0 aliphatic carbocycles. The van der Waals surface area contributed by atoms with Crippen molar-refractivity contribution in [2.45, 2.75) is 4.90 Å². The molecule has 0 amide bonds. The van der Waals surface area contributed by atoms with Gasteiger partial charge in [-0.3, -0.25) is 4.79 Å². The molecule has 2 aromatic heterocycles. The molecule has 0 N–H and O–H groups in total. The average Bonchev–Trinajstić information content (AvgIpc) is 3.24. The summed E-state index contributed by atoms with van der Waals surface area (Å²) in [5.74, 6) is -0.434. The fraction of sp³-hybridized carbons (Fsp3) is 0.0952. The Morgan fingerprint density at radius 3 is 2.45 bits per heavy atom. The number of aromatic nitrogens is 4. The summed E-state index contributed by atoms with van der Waals surface area (Å²) in [7, 11) is -0.735. The van der Waals surface area contributed by atoms with E-state index in [1.165, 1.54) is 66.2 Å². The minimum absolute atomic E-state index is 0.0881. The highest BCUT2D eigenvalue weighted by molar-refractivity contribution is 7.89. The Kier molecular flexibility index (Phi) is 5.25. The van der Waals surface area contributed by atoms with Crippen molar-refractivity contribution in [1.82, 2.24) is 23.9 Å². The van der Waals surface area contributed by atoms with E-state index < -0.39 is 15.8 Å². The third-order valence-electron chi connectivity index (χ3n) is 4.61. The largest absolute Gasteiger partial charge is 0.287 e. The van der Waals surface area contributed by atoms with Crippen molar-refractivity contribution < 1.29 is 12.8 Å². The molecular formula is C21H18FN5O3S. The van der Waals surface area contributed by atoms with Gasteiger partial charge >= 0.3 is 0 Å². The molecule has 0 radical (unpaired) electrons. The van der Waals surface area contributed by atoms with Crippen molar-refractivity contribution in [3.05, 3.63) is 89.1 Å². The van der Waals surface area contributed by atoms with E-state index in [1.807, 2.05) is 0 Å². The standard InChI is InChI=1S/C21H18FN5O3S/c1-25(2)31(29,30)18-8-4-6-16(14-18)26-12-10-20(28)21(24-26)19-9-11-23-27(19)17-7-3-5-15(22)13-17/h3-14H,1-2H3. The van der Waals surface area contributed by atoms with Gasteiger partial charge in [0.1, 0.15) is 5.82 Å². The van der Waals surface area contributed by atoms with Crippen LogP contribution in [0.4, 0.5) is 4.39 Å². The summed E-state index contributed by atoms with van der Waals surface area (Å²) >= 11 is 0. The molecule has 0 aliphatic rings. The van der Waals surface area contributed by atoms with Gasteiger partial charge in [-0.05, 0) is 42.5 Å². The van der Waals surface area contributed by atoms with E-state index in [0.29, 0.717) is 17.1 Å². The lowest BCUT2D eigenvalue weighted by molar-refractivity contribution is 0.520. The normalized spacial score (nSPS) is 11.7. The highest BCUT2D eigenvalue weighted by Crippen LogP contribution is 2.20. The Morgan fingerprint density at radius 2 is 1.71 bits per heavy atom. The lowest BCUT2D eigenvalue weighted by atomic mass is 10.2. The fourth-order valence-corrected chi connectivity index (χ4v) is 3.96. The first-order valence-corrected chi connectivity index (χ1v) is 10.6. The summed E-state index contributed by atoms with van der Waals surface area (Å²) in [5, 5.41) is 8.59. The van der Waals surface area contributed by atoms with Crippen molar-refractivity contribution in [2.24, 2.45) is 0 Å². The Morgan fingerprint density at radius 1 is 0.968 bits per heavy atom. The van der Waals surface area contributed by atoms with Crippen LogP contribution in [0.15, 0.2) is 82.7 Å². The third-order valence-corrected chi connectivity index (χ3v) is 6.42. The van der Waals surface area contributed by atoms with Gasteiger partial charge in [-0.15, -0.1) is 0 Å². The van der Waals surface area contributed by atoms with Gasteiger partial charge in [0, 0.05) is 26.4 Å². The molecule has 0 bridgehead atoms. The Bertz CT molecular complexity index is 1430. The molecule has 0 aliphatic heterocycles. The first-order chi connectivity index (χ1) is 14.8. The van der Waals surface area contributed by atoms with Crippen LogP contribution in [0.2, 0.25) is 0 Å². The van der Waals surface area contributed by atoms with Gasteiger partial charge in [0.25, 0.3) is 0 Å². The van der Waals surface area contributed by atoms with Crippen LogP contribution in [0.3, 0.4) is 0 Å². The Balaban J connectivity index is 1.83. The Labute approximate surface area is 177 Å². The van der Waals surface area contributed by atoms with E-state index in [4.69, 9.17) is 0 Å². The zero-order valence-corrected chi connectivity index (χ0v) is 17.5. The molecule has 0 fully saturated rings. The zero-order chi connectivity index (χ0) is 22.2. The molecule has 0 atom stereocenters. The lowest BCUT2D eigenvalue weighted by Crippen LogP contribution is -2.22. The van der Waals surface area contributed by atoms with Crippen molar-refractivity contribution in [2.75, 3.05) is 14.1 Å². The summed E-state index contributed by atoms with van der Waals surface area (Å²) in [4.78, 5) is 12.7. The van der Waals surface area contributed by atoms with E-state index in [9.17, 15) is 17.6 Å². The number of benzene rings is 2. The topological polar surface area (TPSA) is 90.1 Å². The first kappa shape index (κ1) is 20.6. The van der Waals surface area contributed by atoms with Gasteiger partial charge in [-0.1, -0.05) is 12.1 Å². The van der Waals surface area contributed by atoms with E-state index in [1.54, 1.807) is 30.3 Å². The molecule has 158 valence electrons. The highest BCUT2D eigenvalue weighted by Gasteiger charge is 2.18. The molecule has 10 heteroatoms. The molecule has 2 aromatic carbocycles. The Hall–Kier alpha value is -3.63. The second-order valence-electron chi connectivity index (χ2n) is 6.87. The summed E-state index contributed by atoms with van der Waals surface area (Å²) in [5.41, 5.74) is 1.01. The third kappa shape index (κ3) is 3.90. The second kappa shape index (κ2) is 7.89. The maximum atomic E-state index is 13.7. The number of halogens is 1. The molecular weight excluding hydrogens is 421 g/mol. The van der Waals surface area contributed by atoms with Crippen LogP contribution < -0.4 is 5.43 Å². The molecule has 4 rings (SSSR count).